The van der Waals surface area contributed by atoms with Crippen LogP contribution in [0.2, 0.25) is 0 Å². The molecule has 0 saturated carbocycles. The van der Waals surface area contributed by atoms with Crippen LogP contribution in [0.5, 0.6) is 0 Å². The Hall–Kier alpha value is -0.0800. The van der Waals surface area contributed by atoms with Gasteiger partial charge < -0.3 is 10.2 Å². The Morgan fingerprint density at radius 2 is 1.69 bits per heavy atom. The summed E-state index contributed by atoms with van der Waals surface area (Å²) in [6, 6.07) is 1.42. The third kappa shape index (κ3) is 3.65. The molecule has 0 amide bonds. The van der Waals surface area contributed by atoms with Crippen molar-refractivity contribution in [2.24, 2.45) is 5.92 Å². The zero-order chi connectivity index (χ0) is 9.84. The first-order chi connectivity index (χ1) is 6.09. The first-order valence-electron chi connectivity index (χ1n) is 5.54. The van der Waals surface area contributed by atoms with Gasteiger partial charge in [-0.2, -0.15) is 0 Å². The quantitative estimate of drug-likeness (QED) is 0.718. The summed E-state index contributed by atoms with van der Waals surface area (Å²) in [5, 5.41) is 3.71. The van der Waals surface area contributed by atoms with Crippen molar-refractivity contribution in [3.63, 3.8) is 0 Å². The van der Waals surface area contributed by atoms with Crippen LogP contribution in [0.1, 0.15) is 33.6 Å². The van der Waals surface area contributed by atoms with Crippen LogP contribution in [-0.2, 0) is 0 Å². The highest BCUT2D eigenvalue weighted by molar-refractivity contribution is 4.78. The standard InChI is InChI=1S/C11H24N2/c1-9(2)10(3)12-11-5-7-13(4)8-6-11/h9-12H,5-8H2,1-4H3/t10-/m1/s1. The molecule has 1 saturated heterocycles. The molecule has 0 radical (unpaired) electrons. The number of likely N-dealkylation sites (tertiary alicyclic amines) is 1. The van der Waals surface area contributed by atoms with E-state index in [2.05, 4.69) is 38.0 Å². The van der Waals surface area contributed by atoms with Crippen LogP contribution in [0.25, 0.3) is 0 Å². The van der Waals surface area contributed by atoms with Crippen LogP contribution in [0.3, 0.4) is 0 Å². The van der Waals surface area contributed by atoms with Crippen LogP contribution in [0, 0.1) is 5.92 Å². The van der Waals surface area contributed by atoms with Crippen molar-refractivity contribution in [1.29, 1.82) is 0 Å². The third-order valence-corrected chi connectivity index (χ3v) is 3.22. The van der Waals surface area contributed by atoms with Gasteiger partial charge in [0.25, 0.3) is 0 Å². The maximum absolute atomic E-state index is 3.71. The van der Waals surface area contributed by atoms with E-state index in [9.17, 15) is 0 Å². The van der Waals surface area contributed by atoms with E-state index in [-0.39, 0.29) is 0 Å². The number of piperidine rings is 1. The largest absolute Gasteiger partial charge is 0.311 e. The molecule has 0 aromatic carbocycles. The monoisotopic (exact) mass is 184 g/mol. The molecule has 1 rings (SSSR count). The zero-order valence-electron chi connectivity index (χ0n) is 9.51. The number of rotatable bonds is 3. The fourth-order valence-corrected chi connectivity index (χ4v) is 1.74. The Balaban J connectivity index is 2.22. The lowest BCUT2D eigenvalue weighted by molar-refractivity contribution is 0.217. The molecule has 2 heteroatoms. The van der Waals surface area contributed by atoms with Crippen molar-refractivity contribution in [3.05, 3.63) is 0 Å². The van der Waals surface area contributed by atoms with Crippen molar-refractivity contribution < 1.29 is 0 Å². The fraction of sp³-hybridized carbons (Fsp3) is 1.00. The van der Waals surface area contributed by atoms with Gasteiger partial charge in [0.2, 0.25) is 0 Å². The highest BCUT2D eigenvalue weighted by Crippen LogP contribution is 2.11. The van der Waals surface area contributed by atoms with E-state index >= 15 is 0 Å². The molecular formula is C11H24N2. The van der Waals surface area contributed by atoms with Crippen molar-refractivity contribution in [2.45, 2.75) is 45.7 Å². The summed E-state index contributed by atoms with van der Waals surface area (Å²) in [4.78, 5) is 2.41. The predicted octanol–water partition coefficient (Wildman–Crippen LogP) is 1.71. The minimum absolute atomic E-state index is 0.661. The summed E-state index contributed by atoms with van der Waals surface area (Å²) < 4.78 is 0. The molecule has 0 aliphatic carbocycles. The Kier molecular flexibility index (Phi) is 4.20. The zero-order valence-corrected chi connectivity index (χ0v) is 9.51. The van der Waals surface area contributed by atoms with Gasteiger partial charge in [-0.25, -0.2) is 0 Å². The smallest absolute Gasteiger partial charge is 0.00939 e. The minimum atomic E-state index is 0.661. The number of hydrogen-bond acceptors (Lipinski definition) is 2. The number of nitrogens with one attached hydrogen (secondary N) is 1. The van der Waals surface area contributed by atoms with Gasteiger partial charge in [0.1, 0.15) is 0 Å². The Morgan fingerprint density at radius 3 is 2.15 bits per heavy atom. The van der Waals surface area contributed by atoms with E-state index in [0.717, 1.165) is 12.0 Å². The summed E-state index contributed by atoms with van der Waals surface area (Å²) in [7, 11) is 2.21. The highest BCUT2D eigenvalue weighted by atomic mass is 15.1. The van der Waals surface area contributed by atoms with E-state index in [1.165, 1.54) is 25.9 Å². The second kappa shape index (κ2) is 4.97. The predicted molar refractivity (Wildman–Crippen MR) is 58.0 cm³/mol. The molecule has 0 bridgehead atoms. The van der Waals surface area contributed by atoms with Crippen LogP contribution in [0.15, 0.2) is 0 Å². The molecular weight excluding hydrogens is 160 g/mol. The van der Waals surface area contributed by atoms with Crippen LogP contribution >= 0.6 is 0 Å². The van der Waals surface area contributed by atoms with E-state index in [1.54, 1.807) is 0 Å². The number of hydrogen-bond donors (Lipinski definition) is 1. The fourth-order valence-electron chi connectivity index (χ4n) is 1.74. The molecule has 0 aromatic rings. The Labute approximate surface area is 82.7 Å². The lowest BCUT2D eigenvalue weighted by Crippen LogP contribution is -2.45. The summed E-state index contributed by atoms with van der Waals surface area (Å²) in [5.41, 5.74) is 0. The van der Waals surface area contributed by atoms with E-state index in [1.807, 2.05) is 0 Å². The molecule has 0 aromatic heterocycles. The lowest BCUT2D eigenvalue weighted by Gasteiger charge is -2.32. The highest BCUT2D eigenvalue weighted by Gasteiger charge is 2.18. The average molecular weight is 184 g/mol. The van der Waals surface area contributed by atoms with Gasteiger partial charge in [0.05, 0.1) is 0 Å². The van der Waals surface area contributed by atoms with Gasteiger partial charge in [0, 0.05) is 12.1 Å². The summed E-state index contributed by atoms with van der Waals surface area (Å²) in [6.45, 7) is 9.37. The lowest BCUT2D eigenvalue weighted by atomic mass is 10.0. The van der Waals surface area contributed by atoms with Gasteiger partial charge in [0.15, 0.2) is 0 Å². The maximum Gasteiger partial charge on any atom is 0.00939 e. The molecule has 1 aliphatic heterocycles. The maximum atomic E-state index is 3.71. The van der Waals surface area contributed by atoms with E-state index < -0.39 is 0 Å². The molecule has 13 heavy (non-hydrogen) atoms. The summed E-state index contributed by atoms with van der Waals surface area (Å²) in [5.74, 6) is 0.750. The third-order valence-electron chi connectivity index (χ3n) is 3.22. The van der Waals surface area contributed by atoms with Gasteiger partial charge in [-0.3, -0.25) is 0 Å². The van der Waals surface area contributed by atoms with Gasteiger partial charge in [-0.15, -0.1) is 0 Å². The summed E-state index contributed by atoms with van der Waals surface area (Å²) >= 11 is 0. The van der Waals surface area contributed by atoms with Gasteiger partial charge in [-0.05, 0) is 45.8 Å². The van der Waals surface area contributed by atoms with Gasteiger partial charge in [-0.1, -0.05) is 13.8 Å². The van der Waals surface area contributed by atoms with Gasteiger partial charge >= 0.3 is 0 Å². The Bertz CT molecular complexity index is 137. The molecule has 1 heterocycles. The molecule has 78 valence electrons. The molecule has 0 unspecified atom stereocenters. The van der Waals surface area contributed by atoms with Crippen LogP contribution in [0.4, 0.5) is 0 Å². The molecule has 1 atom stereocenters. The molecule has 0 spiro atoms. The SMILES string of the molecule is CC(C)[C@@H](C)NC1CCN(C)CC1. The van der Waals surface area contributed by atoms with Crippen molar-refractivity contribution >= 4 is 0 Å². The van der Waals surface area contributed by atoms with Crippen molar-refractivity contribution in [2.75, 3.05) is 20.1 Å². The Morgan fingerprint density at radius 1 is 1.15 bits per heavy atom. The average Bonchev–Trinajstić information content (AvgIpc) is 2.08. The molecule has 1 N–H and O–H groups in total. The molecule has 1 aliphatic rings. The van der Waals surface area contributed by atoms with Crippen molar-refractivity contribution in [1.82, 2.24) is 10.2 Å². The normalized spacial score (nSPS) is 23.8. The first-order valence-corrected chi connectivity index (χ1v) is 5.54. The van der Waals surface area contributed by atoms with E-state index in [0.29, 0.717) is 6.04 Å². The van der Waals surface area contributed by atoms with E-state index in [4.69, 9.17) is 0 Å². The second-order valence-electron chi connectivity index (χ2n) is 4.78. The first kappa shape index (κ1) is 11.0. The minimum Gasteiger partial charge on any atom is -0.311 e. The van der Waals surface area contributed by atoms with Crippen LogP contribution < -0.4 is 5.32 Å². The molecule has 1 fully saturated rings. The number of nitrogens with zero attached hydrogens (tertiary/aromatic N) is 1. The van der Waals surface area contributed by atoms with Crippen molar-refractivity contribution in [3.8, 4) is 0 Å². The van der Waals surface area contributed by atoms with Crippen LogP contribution in [-0.4, -0.2) is 37.1 Å². The topological polar surface area (TPSA) is 15.3 Å². The second-order valence-corrected chi connectivity index (χ2v) is 4.78. The summed E-state index contributed by atoms with van der Waals surface area (Å²) in [6.07, 6.45) is 2.63. The molecule has 2 nitrogen and oxygen atoms in total.